The highest BCUT2D eigenvalue weighted by Gasteiger charge is 2.24. The molecule has 1 aliphatic rings. The monoisotopic (exact) mass is 310 g/mol. The van der Waals surface area contributed by atoms with Crippen molar-refractivity contribution in [2.75, 3.05) is 5.32 Å². The Bertz CT molecular complexity index is 753. The molecule has 4 heteroatoms. The first-order chi connectivity index (χ1) is 10.6. The van der Waals surface area contributed by atoms with Gasteiger partial charge in [0.05, 0.1) is 5.56 Å². The lowest BCUT2D eigenvalue weighted by molar-refractivity contribution is 0.102. The minimum Gasteiger partial charge on any atom is -0.312 e. The molecule has 3 nitrogen and oxygen atoms in total. The lowest BCUT2D eigenvalue weighted by Crippen LogP contribution is -2.12. The largest absolute Gasteiger partial charge is 0.312 e. The van der Waals surface area contributed by atoms with E-state index in [1.54, 1.807) is 11.3 Å². The average Bonchev–Trinajstić information content (AvgIpc) is 2.83. The van der Waals surface area contributed by atoms with Crippen LogP contribution >= 0.6 is 11.3 Å². The predicted molar refractivity (Wildman–Crippen MR) is 89.4 cm³/mol. The molecule has 1 N–H and O–H groups in total. The number of aryl methyl sites for hydroxylation is 1. The number of hydrogen-bond acceptors (Lipinski definition) is 3. The number of hydrogen-bond donors (Lipinski definition) is 1. The maximum absolute atomic E-state index is 12.4. The van der Waals surface area contributed by atoms with Crippen LogP contribution in [-0.4, -0.2) is 5.91 Å². The fraction of sp³-hybridized carbons (Fsp3) is 0.333. The lowest BCUT2D eigenvalue weighted by Gasteiger charge is -2.17. The fourth-order valence-corrected chi connectivity index (χ4v) is 4.19. The van der Waals surface area contributed by atoms with Gasteiger partial charge in [-0.25, -0.2) is 0 Å². The summed E-state index contributed by atoms with van der Waals surface area (Å²) in [5.41, 5.74) is 3.54. The summed E-state index contributed by atoms with van der Waals surface area (Å²) in [4.78, 5) is 13.6. The number of amides is 1. The van der Waals surface area contributed by atoms with E-state index in [1.807, 2.05) is 31.2 Å². The Balaban J connectivity index is 1.88. The summed E-state index contributed by atoms with van der Waals surface area (Å²) in [6, 6.07) is 9.74. The molecule has 1 aromatic heterocycles. The summed E-state index contributed by atoms with van der Waals surface area (Å²) >= 11 is 1.56. The summed E-state index contributed by atoms with van der Waals surface area (Å²) in [5, 5.41) is 13.1. The van der Waals surface area contributed by atoms with Crippen molar-refractivity contribution >= 4 is 22.2 Å². The molecule has 0 aliphatic heterocycles. The van der Waals surface area contributed by atoms with Gasteiger partial charge in [0.1, 0.15) is 11.1 Å². The van der Waals surface area contributed by atoms with E-state index >= 15 is 0 Å². The Morgan fingerprint density at radius 3 is 2.77 bits per heavy atom. The van der Waals surface area contributed by atoms with Gasteiger partial charge in [-0.1, -0.05) is 24.6 Å². The Hall–Kier alpha value is -2.12. The summed E-state index contributed by atoms with van der Waals surface area (Å²) in [7, 11) is 0. The molecule has 0 spiro atoms. The molecule has 0 bridgehead atoms. The van der Waals surface area contributed by atoms with Crippen molar-refractivity contribution < 1.29 is 4.79 Å². The summed E-state index contributed by atoms with van der Waals surface area (Å²) in [6.07, 6.45) is 3.06. The minimum absolute atomic E-state index is 0.150. The minimum atomic E-state index is -0.150. The standard InChI is InChI=1S/C18H18N2OS/c1-11-3-6-13(7-4-11)17(21)20-18-15(10-19)14-8-5-12(2)9-16(14)22-18/h3-4,6-7,12H,5,8-9H2,1-2H3,(H,20,21). The molecule has 0 saturated carbocycles. The van der Waals surface area contributed by atoms with Gasteiger partial charge < -0.3 is 5.32 Å². The normalized spacial score (nSPS) is 16.7. The molecule has 2 aromatic rings. The van der Waals surface area contributed by atoms with Crippen LogP contribution in [-0.2, 0) is 12.8 Å². The van der Waals surface area contributed by atoms with Crippen LogP contribution in [0.4, 0.5) is 5.00 Å². The topological polar surface area (TPSA) is 52.9 Å². The highest BCUT2D eigenvalue weighted by molar-refractivity contribution is 7.16. The lowest BCUT2D eigenvalue weighted by atomic mass is 9.88. The van der Waals surface area contributed by atoms with Crippen LogP contribution in [0.2, 0.25) is 0 Å². The number of carbonyl (C=O) groups is 1. The zero-order valence-corrected chi connectivity index (χ0v) is 13.6. The van der Waals surface area contributed by atoms with Gasteiger partial charge in [0.15, 0.2) is 0 Å². The first kappa shape index (κ1) is 14.8. The maximum Gasteiger partial charge on any atom is 0.256 e. The number of nitrogens with zero attached hydrogens (tertiary/aromatic N) is 1. The molecule has 3 rings (SSSR count). The fourth-order valence-electron chi connectivity index (χ4n) is 2.84. The molecule has 0 saturated heterocycles. The molecule has 112 valence electrons. The smallest absolute Gasteiger partial charge is 0.256 e. The summed E-state index contributed by atoms with van der Waals surface area (Å²) in [5.74, 6) is 0.501. The van der Waals surface area contributed by atoms with E-state index in [0.717, 1.165) is 30.4 Å². The third-order valence-corrected chi connectivity index (χ3v) is 5.33. The van der Waals surface area contributed by atoms with Gasteiger partial charge in [0, 0.05) is 10.4 Å². The molecular formula is C18H18N2OS. The van der Waals surface area contributed by atoms with Gasteiger partial charge in [0.2, 0.25) is 0 Å². The van der Waals surface area contributed by atoms with Gasteiger partial charge in [-0.15, -0.1) is 11.3 Å². The number of nitriles is 1. The average molecular weight is 310 g/mol. The van der Waals surface area contributed by atoms with Crippen LogP contribution in [0.3, 0.4) is 0 Å². The van der Waals surface area contributed by atoms with Gasteiger partial charge in [0.25, 0.3) is 5.91 Å². The van der Waals surface area contributed by atoms with Crippen molar-refractivity contribution in [2.45, 2.75) is 33.1 Å². The van der Waals surface area contributed by atoms with E-state index < -0.39 is 0 Å². The van der Waals surface area contributed by atoms with Crippen molar-refractivity contribution in [3.63, 3.8) is 0 Å². The zero-order chi connectivity index (χ0) is 15.7. The first-order valence-corrected chi connectivity index (χ1v) is 8.32. The SMILES string of the molecule is Cc1ccc(C(=O)Nc2sc3c(c2C#N)CCC(C)C3)cc1. The highest BCUT2D eigenvalue weighted by atomic mass is 32.1. The molecule has 1 aliphatic carbocycles. The Morgan fingerprint density at radius 1 is 1.36 bits per heavy atom. The second-order valence-electron chi connectivity index (χ2n) is 5.99. The number of fused-ring (bicyclic) bond motifs is 1. The molecule has 22 heavy (non-hydrogen) atoms. The quantitative estimate of drug-likeness (QED) is 0.899. The molecular weight excluding hydrogens is 292 g/mol. The van der Waals surface area contributed by atoms with Crippen molar-refractivity contribution in [2.24, 2.45) is 5.92 Å². The molecule has 1 unspecified atom stereocenters. The first-order valence-electron chi connectivity index (χ1n) is 7.51. The van der Waals surface area contributed by atoms with Crippen molar-refractivity contribution in [3.8, 4) is 6.07 Å². The van der Waals surface area contributed by atoms with Crippen LogP contribution in [0, 0.1) is 24.2 Å². The van der Waals surface area contributed by atoms with E-state index in [-0.39, 0.29) is 5.91 Å². The highest BCUT2D eigenvalue weighted by Crippen LogP contribution is 2.39. The van der Waals surface area contributed by atoms with Crippen LogP contribution < -0.4 is 5.32 Å². The summed E-state index contributed by atoms with van der Waals surface area (Å²) < 4.78 is 0. The molecule has 1 heterocycles. The Labute approximate surface area is 134 Å². The molecule has 0 fully saturated rings. The maximum atomic E-state index is 12.4. The molecule has 0 radical (unpaired) electrons. The van der Waals surface area contributed by atoms with Crippen LogP contribution in [0.5, 0.6) is 0 Å². The van der Waals surface area contributed by atoms with E-state index in [1.165, 1.54) is 4.88 Å². The van der Waals surface area contributed by atoms with E-state index in [2.05, 4.69) is 18.3 Å². The predicted octanol–water partition coefficient (Wildman–Crippen LogP) is 4.31. The zero-order valence-electron chi connectivity index (χ0n) is 12.8. The number of carbonyl (C=O) groups excluding carboxylic acids is 1. The van der Waals surface area contributed by atoms with Crippen molar-refractivity contribution in [1.82, 2.24) is 0 Å². The third-order valence-electron chi connectivity index (χ3n) is 4.16. The van der Waals surface area contributed by atoms with Crippen molar-refractivity contribution in [3.05, 3.63) is 51.4 Å². The van der Waals surface area contributed by atoms with Crippen LogP contribution in [0.15, 0.2) is 24.3 Å². The van der Waals surface area contributed by atoms with Crippen LogP contribution in [0.25, 0.3) is 0 Å². The van der Waals surface area contributed by atoms with Gasteiger partial charge in [-0.2, -0.15) is 5.26 Å². The Kier molecular flexibility index (Phi) is 4.00. The second-order valence-corrected chi connectivity index (χ2v) is 7.09. The number of thiophene rings is 1. The van der Waals surface area contributed by atoms with Crippen LogP contribution in [0.1, 0.15) is 45.3 Å². The number of nitrogens with one attached hydrogen (secondary N) is 1. The molecule has 1 aromatic carbocycles. The third kappa shape index (κ3) is 2.77. The Morgan fingerprint density at radius 2 is 2.09 bits per heavy atom. The van der Waals surface area contributed by atoms with Gasteiger partial charge in [-0.3, -0.25) is 4.79 Å². The van der Waals surface area contributed by atoms with Gasteiger partial charge >= 0.3 is 0 Å². The number of anilines is 1. The van der Waals surface area contributed by atoms with E-state index in [9.17, 15) is 10.1 Å². The molecule has 1 atom stereocenters. The number of rotatable bonds is 2. The van der Waals surface area contributed by atoms with E-state index in [4.69, 9.17) is 0 Å². The van der Waals surface area contributed by atoms with Crippen molar-refractivity contribution in [1.29, 1.82) is 5.26 Å². The number of benzene rings is 1. The van der Waals surface area contributed by atoms with E-state index in [0.29, 0.717) is 22.0 Å². The van der Waals surface area contributed by atoms with Gasteiger partial charge in [-0.05, 0) is 49.8 Å². The summed E-state index contributed by atoms with van der Waals surface area (Å²) in [6.45, 7) is 4.23. The molecule has 1 amide bonds. The second kappa shape index (κ2) is 5.94.